The van der Waals surface area contributed by atoms with Crippen LogP contribution in [0.15, 0.2) is 43.0 Å². The van der Waals surface area contributed by atoms with Gasteiger partial charge in [0.1, 0.15) is 17.2 Å². The number of carbonyl (C=O) groups is 1. The summed E-state index contributed by atoms with van der Waals surface area (Å²) < 4.78 is 55.1. The Balaban J connectivity index is 1.50. The number of aromatic nitrogens is 4. The molecule has 4 aromatic rings. The lowest BCUT2D eigenvalue weighted by Gasteiger charge is -2.23. The smallest absolute Gasteiger partial charge is 0.382 e. The summed E-state index contributed by atoms with van der Waals surface area (Å²) in [7, 11) is 0. The highest BCUT2D eigenvalue weighted by Crippen LogP contribution is 2.32. The average molecular weight is 458 g/mol. The van der Waals surface area contributed by atoms with E-state index in [0.717, 1.165) is 31.2 Å². The maximum atomic E-state index is 15.0. The van der Waals surface area contributed by atoms with Crippen molar-refractivity contribution in [2.75, 3.05) is 12.3 Å². The van der Waals surface area contributed by atoms with Crippen LogP contribution < -0.4 is 5.73 Å². The first kappa shape index (κ1) is 21.1. The van der Waals surface area contributed by atoms with E-state index in [4.69, 9.17) is 5.73 Å². The van der Waals surface area contributed by atoms with Gasteiger partial charge in [0, 0.05) is 18.8 Å². The molecule has 0 atom stereocenters. The van der Waals surface area contributed by atoms with Crippen molar-refractivity contribution in [3.05, 3.63) is 65.6 Å². The summed E-state index contributed by atoms with van der Waals surface area (Å²) in [6.45, 7) is 0.324. The summed E-state index contributed by atoms with van der Waals surface area (Å²) in [6.07, 6.45) is 1.11. The van der Waals surface area contributed by atoms with Crippen LogP contribution in [-0.4, -0.2) is 36.7 Å². The zero-order valence-corrected chi connectivity index (χ0v) is 17.2. The number of rotatable bonds is 5. The van der Waals surface area contributed by atoms with Gasteiger partial charge in [0.15, 0.2) is 0 Å². The maximum Gasteiger partial charge on any atom is 0.417 e. The molecule has 0 spiro atoms. The predicted molar refractivity (Wildman–Crippen MR) is 112 cm³/mol. The molecule has 1 saturated carbocycles. The molecule has 0 aliphatic heterocycles. The molecule has 33 heavy (non-hydrogen) atoms. The van der Waals surface area contributed by atoms with Crippen molar-refractivity contribution in [3.8, 4) is 0 Å². The number of anilines is 1. The third kappa shape index (κ3) is 4.06. The van der Waals surface area contributed by atoms with Crippen LogP contribution in [0.3, 0.4) is 0 Å². The Hall–Kier alpha value is -3.76. The highest BCUT2D eigenvalue weighted by atomic mass is 19.4. The molecule has 1 aliphatic rings. The lowest BCUT2D eigenvalue weighted by molar-refractivity contribution is -0.137. The largest absolute Gasteiger partial charge is 0.417 e. The molecular weight excluding hydrogens is 440 g/mol. The summed E-state index contributed by atoms with van der Waals surface area (Å²) in [5, 5.41) is 0. The molecule has 1 amide bonds. The van der Waals surface area contributed by atoms with Gasteiger partial charge in [-0.25, -0.2) is 14.4 Å². The van der Waals surface area contributed by atoms with Gasteiger partial charge in [0.05, 0.1) is 46.9 Å². The van der Waals surface area contributed by atoms with Crippen molar-refractivity contribution in [1.82, 2.24) is 24.3 Å². The first-order chi connectivity index (χ1) is 15.7. The van der Waals surface area contributed by atoms with Gasteiger partial charge in [-0.1, -0.05) is 0 Å². The molecular formula is C22H18F4N6O. The zero-order valence-electron chi connectivity index (χ0n) is 17.2. The summed E-state index contributed by atoms with van der Waals surface area (Å²) in [4.78, 5) is 26.9. The summed E-state index contributed by atoms with van der Waals surface area (Å²) in [5.41, 5.74) is 6.39. The highest BCUT2D eigenvalue weighted by Gasteiger charge is 2.32. The second-order valence-corrected chi connectivity index (χ2v) is 8.13. The molecule has 3 aromatic heterocycles. The second kappa shape index (κ2) is 7.68. The van der Waals surface area contributed by atoms with Crippen molar-refractivity contribution < 1.29 is 22.4 Å². The van der Waals surface area contributed by atoms with Crippen LogP contribution in [0.5, 0.6) is 0 Å². The third-order valence-electron chi connectivity index (χ3n) is 5.66. The number of nitrogens with two attached hydrogens (primary N) is 1. The molecule has 0 bridgehead atoms. The molecule has 3 heterocycles. The zero-order chi connectivity index (χ0) is 23.3. The van der Waals surface area contributed by atoms with Crippen molar-refractivity contribution in [2.24, 2.45) is 5.92 Å². The van der Waals surface area contributed by atoms with Crippen LogP contribution >= 0.6 is 0 Å². The van der Waals surface area contributed by atoms with Gasteiger partial charge in [-0.2, -0.15) is 13.2 Å². The molecule has 0 radical (unpaired) electrons. The van der Waals surface area contributed by atoms with Gasteiger partial charge in [-0.15, -0.1) is 0 Å². The van der Waals surface area contributed by atoms with Crippen molar-refractivity contribution in [2.45, 2.75) is 25.6 Å². The fraction of sp³-hybridized carbons (Fsp3) is 0.273. The SMILES string of the molecule is Nc1nc2cc(F)c(C(=O)N(Cc3ccc(C(F)(F)F)cn3)CC3CC3)cc2n2cncc12. The van der Waals surface area contributed by atoms with Crippen LogP contribution in [-0.2, 0) is 12.7 Å². The summed E-state index contributed by atoms with van der Waals surface area (Å²) in [6, 6.07) is 4.69. The van der Waals surface area contributed by atoms with Gasteiger partial charge in [-0.3, -0.25) is 14.2 Å². The maximum absolute atomic E-state index is 15.0. The average Bonchev–Trinajstić information content (AvgIpc) is 3.44. The fourth-order valence-corrected chi connectivity index (χ4v) is 3.74. The molecule has 1 aromatic carbocycles. The highest BCUT2D eigenvalue weighted by molar-refractivity contribution is 5.98. The van der Waals surface area contributed by atoms with E-state index >= 15 is 0 Å². The summed E-state index contributed by atoms with van der Waals surface area (Å²) >= 11 is 0. The molecule has 170 valence electrons. The minimum atomic E-state index is -4.50. The number of nitrogens with zero attached hydrogens (tertiary/aromatic N) is 5. The van der Waals surface area contributed by atoms with Crippen LogP contribution in [0.4, 0.5) is 23.4 Å². The number of nitrogen functional groups attached to an aromatic ring is 1. The summed E-state index contributed by atoms with van der Waals surface area (Å²) in [5.74, 6) is -0.885. The van der Waals surface area contributed by atoms with E-state index in [1.807, 2.05) is 0 Å². The number of fused-ring (bicyclic) bond motifs is 3. The Morgan fingerprint density at radius 2 is 1.97 bits per heavy atom. The first-order valence-electron chi connectivity index (χ1n) is 10.2. The topological polar surface area (TPSA) is 89.4 Å². The van der Waals surface area contributed by atoms with E-state index < -0.39 is 23.5 Å². The molecule has 5 rings (SSSR count). The monoisotopic (exact) mass is 458 g/mol. The Bertz CT molecular complexity index is 1360. The number of hydrogen-bond acceptors (Lipinski definition) is 5. The number of hydrogen-bond donors (Lipinski definition) is 1. The Morgan fingerprint density at radius 1 is 1.18 bits per heavy atom. The minimum absolute atomic E-state index is 0.0363. The van der Waals surface area contributed by atoms with E-state index in [1.54, 1.807) is 4.40 Å². The number of alkyl halides is 3. The Morgan fingerprint density at radius 3 is 2.64 bits per heavy atom. The Labute approximate surface area is 184 Å². The number of benzene rings is 1. The Kier molecular flexibility index (Phi) is 4.91. The molecule has 2 N–H and O–H groups in total. The number of halogens is 4. The van der Waals surface area contributed by atoms with E-state index in [9.17, 15) is 22.4 Å². The van der Waals surface area contributed by atoms with E-state index in [1.165, 1.54) is 29.6 Å². The molecule has 0 saturated heterocycles. The molecule has 7 nitrogen and oxygen atoms in total. The van der Waals surface area contributed by atoms with Crippen LogP contribution in [0.2, 0.25) is 0 Å². The van der Waals surface area contributed by atoms with E-state index in [-0.39, 0.29) is 35.1 Å². The number of pyridine rings is 1. The van der Waals surface area contributed by atoms with Gasteiger partial charge in [0.2, 0.25) is 0 Å². The van der Waals surface area contributed by atoms with Gasteiger partial charge in [-0.05, 0) is 37.0 Å². The van der Waals surface area contributed by atoms with Crippen LogP contribution in [0.25, 0.3) is 16.6 Å². The molecule has 0 unspecified atom stereocenters. The van der Waals surface area contributed by atoms with Crippen molar-refractivity contribution in [1.29, 1.82) is 0 Å². The van der Waals surface area contributed by atoms with E-state index in [0.29, 0.717) is 17.6 Å². The van der Waals surface area contributed by atoms with Gasteiger partial charge < -0.3 is 10.6 Å². The molecule has 11 heteroatoms. The number of amides is 1. The number of carbonyl (C=O) groups excluding carboxylic acids is 1. The standard InChI is InChI=1S/C22H18F4N6O/c23-16-6-17-18(32-11-28-8-19(32)20(27)30-17)5-15(16)21(33)31(9-12-1-2-12)10-14-4-3-13(7-29-14)22(24,25)26/h3-8,11-12H,1-2,9-10H2,(H2,27,30). The quantitative estimate of drug-likeness (QED) is 0.456. The van der Waals surface area contributed by atoms with Crippen LogP contribution in [0, 0.1) is 11.7 Å². The minimum Gasteiger partial charge on any atom is -0.382 e. The normalized spacial score (nSPS) is 14.2. The fourth-order valence-electron chi connectivity index (χ4n) is 3.74. The van der Waals surface area contributed by atoms with Gasteiger partial charge in [0.25, 0.3) is 5.91 Å². The lowest BCUT2D eigenvalue weighted by Crippen LogP contribution is -2.33. The van der Waals surface area contributed by atoms with Crippen molar-refractivity contribution >= 4 is 28.3 Å². The third-order valence-corrected chi connectivity index (χ3v) is 5.66. The van der Waals surface area contributed by atoms with Crippen LogP contribution in [0.1, 0.15) is 34.5 Å². The number of imidazole rings is 1. The molecule has 1 aliphatic carbocycles. The van der Waals surface area contributed by atoms with E-state index in [2.05, 4.69) is 15.0 Å². The van der Waals surface area contributed by atoms with Gasteiger partial charge >= 0.3 is 6.18 Å². The first-order valence-corrected chi connectivity index (χ1v) is 10.2. The lowest BCUT2D eigenvalue weighted by atomic mass is 10.1. The molecule has 1 fully saturated rings. The predicted octanol–water partition coefficient (Wildman–Crippen LogP) is 4.07. The second-order valence-electron chi connectivity index (χ2n) is 8.13. The van der Waals surface area contributed by atoms with Crippen molar-refractivity contribution in [3.63, 3.8) is 0 Å².